The maximum atomic E-state index is 13.4. The summed E-state index contributed by atoms with van der Waals surface area (Å²) in [6, 6.07) is 11.9. The number of nitrogens with zero attached hydrogens (tertiary/aromatic N) is 3. The summed E-state index contributed by atoms with van der Waals surface area (Å²) < 4.78 is 80.3. The van der Waals surface area contributed by atoms with Crippen molar-refractivity contribution in [1.29, 1.82) is 0 Å². The fraction of sp³-hybridized carbons (Fsp3) is 0.150. The minimum absolute atomic E-state index is 0.200. The summed E-state index contributed by atoms with van der Waals surface area (Å²) in [7, 11) is 0. The van der Waals surface area contributed by atoms with Crippen molar-refractivity contribution in [1.82, 2.24) is 4.98 Å². The zero-order valence-corrected chi connectivity index (χ0v) is 14.9. The van der Waals surface area contributed by atoms with Crippen molar-refractivity contribution in [2.75, 3.05) is 5.01 Å². The van der Waals surface area contributed by atoms with Gasteiger partial charge >= 0.3 is 12.4 Å². The van der Waals surface area contributed by atoms with Crippen LogP contribution in [-0.2, 0) is 17.1 Å². The molecule has 3 aromatic rings. The number of fused-ring (bicyclic) bond motifs is 1. The van der Waals surface area contributed by atoms with Gasteiger partial charge in [0.1, 0.15) is 5.69 Å². The van der Waals surface area contributed by atoms with E-state index in [9.17, 15) is 31.1 Å². The number of alkyl halides is 6. The predicted octanol–water partition coefficient (Wildman–Crippen LogP) is 5.41. The molecule has 0 N–H and O–H groups in total. The Kier molecular flexibility index (Phi) is 4.52. The molecule has 1 aromatic heterocycles. The Bertz CT molecular complexity index is 1170. The molecule has 0 bridgehead atoms. The second-order valence-corrected chi connectivity index (χ2v) is 6.52. The van der Waals surface area contributed by atoms with E-state index in [0.717, 1.165) is 6.07 Å². The van der Waals surface area contributed by atoms with Crippen molar-refractivity contribution >= 4 is 28.2 Å². The lowest BCUT2D eigenvalue weighted by Crippen LogP contribution is -2.22. The van der Waals surface area contributed by atoms with E-state index in [0.29, 0.717) is 28.4 Å². The van der Waals surface area contributed by atoms with Gasteiger partial charge in [-0.3, -0.25) is 4.79 Å². The van der Waals surface area contributed by atoms with Crippen molar-refractivity contribution in [2.24, 2.45) is 5.10 Å². The highest BCUT2D eigenvalue weighted by Gasteiger charge is 2.39. The number of benzene rings is 2. The molecule has 2 aromatic carbocycles. The SMILES string of the molecule is O=C1CC(c2ccccc2)=NN1c1cc(C(F)(F)F)nc2c(C(F)(F)F)cccc12. The summed E-state index contributed by atoms with van der Waals surface area (Å²) in [5.41, 5.74) is -3.30. The maximum Gasteiger partial charge on any atom is 0.433 e. The number of amides is 1. The normalized spacial score (nSPS) is 15.1. The van der Waals surface area contributed by atoms with Crippen molar-refractivity contribution in [3.8, 4) is 0 Å². The molecule has 1 aliphatic heterocycles. The van der Waals surface area contributed by atoms with Gasteiger partial charge in [0.05, 0.1) is 28.9 Å². The van der Waals surface area contributed by atoms with Gasteiger partial charge in [-0.25, -0.2) is 4.98 Å². The Hall–Kier alpha value is -3.43. The highest BCUT2D eigenvalue weighted by molar-refractivity contribution is 6.20. The second kappa shape index (κ2) is 6.82. The molecule has 1 amide bonds. The first-order valence-electron chi connectivity index (χ1n) is 8.60. The van der Waals surface area contributed by atoms with Gasteiger partial charge in [-0.05, 0) is 17.7 Å². The molecule has 4 rings (SSSR count). The van der Waals surface area contributed by atoms with E-state index in [1.165, 1.54) is 6.07 Å². The number of rotatable bonds is 2. The monoisotopic (exact) mass is 423 g/mol. The van der Waals surface area contributed by atoms with Crippen LogP contribution < -0.4 is 5.01 Å². The van der Waals surface area contributed by atoms with E-state index in [-0.39, 0.29) is 11.8 Å². The van der Waals surface area contributed by atoms with Crippen molar-refractivity contribution in [3.05, 3.63) is 71.4 Å². The Morgan fingerprint density at radius 2 is 1.57 bits per heavy atom. The van der Waals surface area contributed by atoms with Crippen molar-refractivity contribution in [3.63, 3.8) is 0 Å². The third kappa shape index (κ3) is 3.49. The average molecular weight is 423 g/mol. The molecular formula is C20H11F6N3O. The van der Waals surface area contributed by atoms with Crippen LogP contribution in [-0.4, -0.2) is 16.6 Å². The molecular weight excluding hydrogens is 412 g/mol. The first-order chi connectivity index (χ1) is 14.1. The molecule has 0 aliphatic carbocycles. The summed E-state index contributed by atoms with van der Waals surface area (Å²) in [6.07, 6.45) is -10.1. The number of hydrazone groups is 1. The third-order valence-corrected chi connectivity index (χ3v) is 4.52. The second-order valence-electron chi connectivity index (χ2n) is 6.52. The zero-order valence-electron chi connectivity index (χ0n) is 14.9. The van der Waals surface area contributed by atoms with Crippen LogP contribution in [0.4, 0.5) is 32.0 Å². The molecule has 4 nitrogen and oxygen atoms in total. The molecule has 1 aliphatic rings. The Labute approximate surface area is 165 Å². The van der Waals surface area contributed by atoms with Gasteiger partial charge in [0.25, 0.3) is 5.91 Å². The molecule has 154 valence electrons. The number of carbonyl (C=O) groups is 1. The summed E-state index contributed by atoms with van der Waals surface area (Å²) in [6.45, 7) is 0. The fourth-order valence-corrected chi connectivity index (χ4v) is 3.19. The van der Waals surface area contributed by atoms with Crippen LogP contribution in [0.3, 0.4) is 0 Å². The fourth-order valence-electron chi connectivity index (χ4n) is 3.19. The number of carbonyl (C=O) groups excluding carboxylic acids is 1. The Morgan fingerprint density at radius 3 is 2.20 bits per heavy atom. The number of hydrogen-bond donors (Lipinski definition) is 0. The van der Waals surface area contributed by atoms with E-state index in [1.807, 2.05) is 0 Å². The highest BCUT2D eigenvalue weighted by Crippen LogP contribution is 2.41. The van der Waals surface area contributed by atoms with Gasteiger partial charge in [0.2, 0.25) is 0 Å². The maximum absolute atomic E-state index is 13.4. The summed E-state index contributed by atoms with van der Waals surface area (Å²) in [5.74, 6) is -0.660. The number of anilines is 1. The lowest BCUT2D eigenvalue weighted by molar-refractivity contribution is -0.142. The minimum atomic E-state index is -5.02. The molecule has 0 spiro atoms. The molecule has 0 radical (unpaired) electrons. The van der Waals surface area contributed by atoms with Gasteiger partial charge in [-0.1, -0.05) is 42.5 Å². The van der Waals surface area contributed by atoms with Crippen LogP contribution in [0.1, 0.15) is 23.2 Å². The van der Waals surface area contributed by atoms with E-state index in [4.69, 9.17) is 0 Å². The van der Waals surface area contributed by atoms with E-state index < -0.39 is 40.7 Å². The molecule has 30 heavy (non-hydrogen) atoms. The van der Waals surface area contributed by atoms with Gasteiger partial charge in [0.15, 0.2) is 0 Å². The van der Waals surface area contributed by atoms with Crippen LogP contribution >= 0.6 is 0 Å². The number of aromatic nitrogens is 1. The molecule has 0 saturated heterocycles. The zero-order chi connectivity index (χ0) is 21.7. The highest BCUT2D eigenvalue weighted by atomic mass is 19.4. The van der Waals surface area contributed by atoms with Crippen molar-refractivity contribution < 1.29 is 31.1 Å². The van der Waals surface area contributed by atoms with Crippen LogP contribution in [0.2, 0.25) is 0 Å². The molecule has 2 heterocycles. The van der Waals surface area contributed by atoms with Gasteiger partial charge in [-0.2, -0.15) is 36.5 Å². The Morgan fingerprint density at radius 1 is 0.867 bits per heavy atom. The van der Waals surface area contributed by atoms with Crippen LogP contribution in [0.5, 0.6) is 0 Å². The lowest BCUT2D eigenvalue weighted by Gasteiger charge is -2.19. The molecule has 0 atom stereocenters. The lowest BCUT2D eigenvalue weighted by atomic mass is 10.1. The topological polar surface area (TPSA) is 45.6 Å². The van der Waals surface area contributed by atoms with Gasteiger partial charge in [-0.15, -0.1) is 0 Å². The average Bonchev–Trinajstić information content (AvgIpc) is 3.07. The predicted molar refractivity (Wildman–Crippen MR) is 96.8 cm³/mol. The quantitative estimate of drug-likeness (QED) is 0.517. The van der Waals surface area contributed by atoms with E-state index in [2.05, 4.69) is 10.1 Å². The summed E-state index contributed by atoms with van der Waals surface area (Å²) in [4.78, 5) is 15.7. The standard InChI is InChI=1S/C20H11F6N3O/c21-19(22,23)13-8-4-7-12-15(10-16(20(24,25)26)27-18(12)13)29-17(30)9-14(28-29)11-5-2-1-3-6-11/h1-8,10H,9H2. The smallest absolute Gasteiger partial charge is 0.272 e. The molecule has 0 saturated carbocycles. The van der Waals surface area contributed by atoms with Crippen molar-refractivity contribution in [2.45, 2.75) is 18.8 Å². The first kappa shape index (κ1) is 19.9. The summed E-state index contributed by atoms with van der Waals surface area (Å²) >= 11 is 0. The molecule has 10 heteroatoms. The van der Waals surface area contributed by atoms with Gasteiger partial charge < -0.3 is 0 Å². The van der Waals surface area contributed by atoms with Crippen LogP contribution in [0.15, 0.2) is 59.7 Å². The molecule has 0 fully saturated rings. The summed E-state index contributed by atoms with van der Waals surface area (Å²) in [5, 5.41) is 4.55. The first-order valence-corrected chi connectivity index (χ1v) is 8.60. The van der Waals surface area contributed by atoms with Gasteiger partial charge in [0, 0.05) is 5.39 Å². The van der Waals surface area contributed by atoms with Crippen LogP contribution in [0.25, 0.3) is 10.9 Å². The van der Waals surface area contributed by atoms with E-state index >= 15 is 0 Å². The third-order valence-electron chi connectivity index (χ3n) is 4.52. The Balaban J connectivity index is 1.96. The van der Waals surface area contributed by atoms with E-state index in [1.54, 1.807) is 30.3 Å². The largest absolute Gasteiger partial charge is 0.433 e. The molecule has 0 unspecified atom stereocenters. The number of halogens is 6. The van der Waals surface area contributed by atoms with Crippen LogP contribution in [0, 0.1) is 0 Å². The number of para-hydroxylation sites is 1. The number of hydrogen-bond acceptors (Lipinski definition) is 3. The number of pyridine rings is 1. The minimum Gasteiger partial charge on any atom is -0.272 e.